The smallest absolute Gasteiger partial charge is 0.273 e. The predicted molar refractivity (Wildman–Crippen MR) is 122 cm³/mol. The van der Waals surface area contributed by atoms with Crippen LogP contribution in [0.15, 0.2) is 49.1 Å². The first-order valence-electron chi connectivity index (χ1n) is 10.3. The molecule has 3 aromatic heterocycles. The summed E-state index contributed by atoms with van der Waals surface area (Å²) in [6.45, 7) is 4.55. The highest BCUT2D eigenvalue weighted by atomic mass is 16.5. The summed E-state index contributed by atoms with van der Waals surface area (Å²) in [5, 5.41) is 8.01. The first kappa shape index (κ1) is 21.9. The van der Waals surface area contributed by atoms with Crippen LogP contribution in [0.25, 0.3) is 10.9 Å². The highest BCUT2D eigenvalue weighted by Gasteiger charge is 2.17. The lowest BCUT2D eigenvalue weighted by molar-refractivity contribution is 0.0821. The number of hydrogen-bond acceptors (Lipinski definition) is 7. The van der Waals surface area contributed by atoms with E-state index in [9.17, 15) is 9.59 Å². The van der Waals surface area contributed by atoms with Crippen molar-refractivity contribution in [3.8, 4) is 11.6 Å². The number of nitrogens with zero attached hydrogens (tertiary/aromatic N) is 6. The molecule has 1 N–H and O–H groups in total. The van der Waals surface area contributed by atoms with E-state index in [1.165, 1.54) is 17.3 Å². The average molecular weight is 445 g/mol. The molecule has 0 radical (unpaired) electrons. The van der Waals surface area contributed by atoms with Gasteiger partial charge in [0.15, 0.2) is 0 Å². The summed E-state index contributed by atoms with van der Waals surface area (Å²) >= 11 is 0. The Labute approximate surface area is 190 Å². The number of nitrogens with one attached hydrogen (secondary N) is 1. The van der Waals surface area contributed by atoms with Gasteiger partial charge in [-0.1, -0.05) is 6.07 Å². The zero-order chi connectivity index (χ0) is 23.5. The predicted octanol–water partition coefficient (Wildman–Crippen LogP) is 3.30. The van der Waals surface area contributed by atoms with Crippen LogP contribution in [0.2, 0.25) is 0 Å². The number of aromatic nitrogens is 5. The maximum absolute atomic E-state index is 12.9. The van der Waals surface area contributed by atoms with Crippen LogP contribution in [-0.2, 0) is 6.54 Å². The molecule has 0 aliphatic carbocycles. The van der Waals surface area contributed by atoms with Crippen molar-refractivity contribution in [1.82, 2.24) is 29.6 Å². The summed E-state index contributed by atoms with van der Waals surface area (Å²) in [5.41, 5.74) is 2.15. The van der Waals surface area contributed by atoms with E-state index in [1.54, 1.807) is 43.2 Å². The Hall–Kier alpha value is -4.34. The number of pyridine rings is 1. The first-order valence-corrected chi connectivity index (χ1v) is 10.3. The number of rotatable bonds is 6. The van der Waals surface area contributed by atoms with Gasteiger partial charge in [-0.25, -0.2) is 15.0 Å². The standard InChI is InChI=1S/C23H23N7O3/c1-5-30-13-16-17(28-30)8-15(22(31)27-20-7-6-14(2)10-25-20)9-19(16)33-21-12-24-18(11-26-21)23(32)29(3)4/h6-13H,5H2,1-4H3,(H,25,27,31). The molecule has 2 amide bonds. The third-order valence-corrected chi connectivity index (χ3v) is 4.84. The van der Waals surface area contributed by atoms with Crippen molar-refractivity contribution in [3.05, 3.63) is 65.9 Å². The molecule has 0 saturated carbocycles. The summed E-state index contributed by atoms with van der Waals surface area (Å²) in [7, 11) is 3.28. The van der Waals surface area contributed by atoms with Gasteiger partial charge in [-0.2, -0.15) is 5.10 Å². The summed E-state index contributed by atoms with van der Waals surface area (Å²) in [6, 6.07) is 6.92. The zero-order valence-electron chi connectivity index (χ0n) is 18.7. The van der Waals surface area contributed by atoms with Gasteiger partial charge in [0.25, 0.3) is 11.8 Å². The molecule has 4 rings (SSSR count). The molecular weight excluding hydrogens is 422 g/mol. The Balaban J connectivity index is 1.66. The third kappa shape index (κ3) is 4.79. The molecule has 0 aliphatic heterocycles. The molecule has 0 saturated heterocycles. The topological polar surface area (TPSA) is 115 Å². The second-order valence-electron chi connectivity index (χ2n) is 7.61. The highest BCUT2D eigenvalue weighted by Crippen LogP contribution is 2.30. The van der Waals surface area contributed by atoms with Gasteiger partial charge in [0.2, 0.25) is 5.88 Å². The summed E-state index contributed by atoms with van der Waals surface area (Å²) < 4.78 is 7.71. The van der Waals surface area contributed by atoms with E-state index >= 15 is 0 Å². The van der Waals surface area contributed by atoms with Gasteiger partial charge in [-0.15, -0.1) is 0 Å². The van der Waals surface area contributed by atoms with Gasteiger partial charge in [-0.05, 0) is 37.6 Å². The van der Waals surface area contributed by atoms with Gasteiger partial charge >= 0.3 is 0 Å². The van der Waals surface area contributed by atoms with E-state index in [2.05, 4.69) is 25.4 Å². The molecule has 4 aromatic rings. The molecule has 0 fully saturated rings. The number of amides is 2. The van der Waals surface area contributed by atoms with E-state index in [0.717, 1.165) is 10.9 Å². The second-order valence-corrected chi connectivity index (χ2v) is 7.61. The molecule has 3 heterocycles. The first-order chi connectivity index (χ1) is 15.8. The number of benzene rings is 1. The van der Waals surface area contributed by atoms with Gasteiger partial charge in [0, 0.05) is 38.6 Å². The van der Waals surface area contributed by atoms with Crippen molar-refractivity contribution in [1.29, 1.82) is 0 Å². The number of ether oxygens (including phenoxy) is 1. The van der Waals surface area contributed by atoms with Gasteiger partial charge in [-0.3, -0.25) is 14.3 Å². The third-order valence-electron chi connectivity index (χ3n) is 4.84. The fourth-order valence-electron chi connectivity index (χ4n) is 3.07. The van der Waals surface area contributed by atoms with Crippen LogP contribution >= 0.6 is 0 Å². The SMILES string of the molecule is CCn1cc2c(Oc3cnc(C(=O)N(C)C)cn3)cc(C(=O)Nc3ccc(C)cn3)cc2n1. The average Bonchev–Trinajstić information content (AvgIpc) is 3.24. The van der Waals surface area contributed by atoms with Crippen LogP contribution in [0.5, 0.6) is 11.6 Å². The Kier molecular flexibility index (Phi) is 5.99. The number of anilines is 1. The minimum atomic E-state index is -0.345. The minimum Gasteiger partial charge on any atom is -0.437 e. The van der Waals surface area contributed by atoms with Crippen molar-refractivity contribution < 1.29 is 14.3 Å². The molecule has 33 heavy (non-hydrogen) atoms. The summed E-state index contributed by atoms with van der Waals surface area (Å²) in [4.78, 5) is 38.9. The van der Waals surface area contributed by atoms with Crippen LogP contribution in [0.1, 0.15) is 33.3 Å². The van der Waals surface area contributed by atoms with Crippen LogP contribution in [-0.4, -0.2) is 55.5 Å². The fraction of sp³-hybridized carbons (Fsp3) is 0.217. The van der Waals surface area contributed by atoms with Crippen LogP contribution in [0, 0.1) is 6.92 Å². The van der Waals surface area contributed by atoms with E-state index < -0.39 is 0 Å². The molecule has 168 valence electrons. The molecule has 1 aromatic carbocycles. The molecular formula is C23H23N7O3. The van der Waals surface area contributed by atoms with E-state index in [1.807, 2.05) is 26.1 Å². The molecule has 0 atom stereocenters. The van der Waals surface area contributed by atoms with Crippen LogP contribution in [0.3, 0.4) is 0 Å². The summed E-state index contributed by atoms with van der Waals surface area (Å²) in [6.07, 6.45) is 6.24. The molecule has 0 aliphatic rings. The van der Waals surface area contributed by atoms with Gasteiger partial charge in [0.05, 0.1) is 23.3 Å². The number of hydrogen-bond donors (Lipinski definition) is 1. The zero-order valence-corrected chi connectivity index (χ0v) is 18.7. The maximum atomic E-state index is 12.9. The molecule has 0 unspecified atom stereocenters. The van der Waals surface area contributed by atoms with E-state index in [-0.39, 0.29) is 23.4 Å². The molecule has 0 spiro atoms. The Bertz CT molecular complexity index is 1310. The van der Waals surface area contributed by atoms with Crippen LogP contribution < -0.4 is 10.1 Å². The van der Waals surface area contributed by atoms with Crippen molar-refractivity contribution in [2.45, 2.75) is 20.4 Å². The normalized spacial score (nSPS) is 10.8. The lowest BCUT2D eigenvalue weighted by Crippen LogP contribution is -2.22. The maximum Gasteiger partial charge on any atom is 0.273 e. The monoisotopic (exact) mass is 445 g/mol. The molecule has 0 bridgehead atoms. The lowest BCUT2D eigenvalue weighted by Gasteiger charge is -2.11. The van der Waals surface area contributed by atoms with E-state index in [0.29, 0.717) is 29.2 Å². The van der Waals surface area contributed by atoms with Crippen molar-refractivity contribution >= 4 is 28.5 Å². The molecule has 10 heteroatoms. The minimum absolute atomic E-state index is 0.189. The number of carbonyl (C=O) groups excluding carboxylic acids is 2. The second kappa shape index (κ2) is 9.03. The lowest BCUT2D eigenvalue weighted by atomic mass is 10.1. The Morgan fingerprint density at radius 2 is 1.91 bits per heavy atom. The van der Waals surface area contributed by atoms with E-state index in [4.69, 9.17) is 4.74 Å². The fourth-order valence-corrected chi connectivity index (χ4v) is 3.07. The number of fused-ring (bicyclic) bond motifs is 1. The summed E-state index contributed by atoms with van der Waals surface area (Å²) in [5.74, 6) is 0.425. The molecule has 10 nitrogen and oxygen atoms in total. The Morgan fingerprint density at radius 1 is 1.09 bits per heavy atom. The van der Waals surface area contributed by atoms with Crippen molar-refractivity contribution in [3.63, 3.8) is 0 Å². The quantitative estimate of drug-likeness (QED) is 0.484. The van der Waals surface area contributed by atoms with Gasteiger partial charge in [0.1, 0.15) is 17.3 Å². The Morgan fingerprint density at radius 3 is 2.55 bits per heavy atom. The number of carbonyl (C=O) groups is 2. The number of aryl methyl sites for hydroxylation is 2. The highest BCUT2D eigenvalue weighted by molar-refractivity contribution is 6.06. The van der Waals surface area contributed by atoms with Crippen LogP contribution in [0.4, 0.5) is 5.82 Å². The van der Waals surface area contributed by atoms with Gasteiger partial charge < -0.3 is 15.0 Å². The van der Waals surface area contributed by atoms with Crippen molar-refractivity contribution in [2.24, 2.45) is 0 Å². The largest absolute Gasteiger partial charge is 0.437 e. The van der Waals surface area contributed by atoms with Crippen molar-refractivity contribution in [2.75, 3.05) is 19.4 Å².